The lowest BCUT2D eigenvalue weighted by Crippen LogP contribution is -2.52. The number of piperazine rings is 1. The molecule has 12 heteroatoms. The minimum absolute atomic E-state index is 0.108. The van der Waals surface area contributed by atoms with E-state index in [4.69, 9.17) is 11.6 Å². The molecule has 36 heavy (non-hydrogen) atoms. The molecular weight excluding hydrogens is 511 g/mol. The van der Waals surface area contributed by atoms with Gasteiger partial charge in [0.25, 0.3) is 5.91 Å². The number of aryl methyl sites for hydroxylation is 1. The first-order chi connectivity index (χ1) is 17.1. The summed E-state index contributed by atoms with van der Waals surface area (Å²) in [6.45, 7) is 2.83. The predicted octanol–water partition coefficient (Wildman–Crippen LogP) is 2.06. The van der Waals surface area contributed by atoms with Crippen LogP contribution in [0.25, 0.3) is 0 Å². The number of hydrogen-bond acceptors (Lipinski definition) is 6. The number of anilines is 1. The van der Waals surface area contributed by atoms with Crippen molar-refractivity contribution in [3.8, 4) is 0 Å². The van der Waals surface area contributed by atoms with Crippen LogP contribution in [0.15, 0.2) is 35.2 Å². The molecule has 3 heterocycles. The summed E-state index contributed by atoms with van der Waals surface area (Å²) in [5.74, 6) is -1.97. The third-order valence-corrected chi connectivity index (χ3v) is 9.26. The average molecular weight is 535 g/mol. The topological polar surface area (TPSA) is 107 Å². The minimum atomic E-state index is -3.76. The Morgan fingerprint density at radius 1 is 1.06 bits per heavy atom. The molecule has 5 rings (SSSR count). The van der Waals surface area contributed by atoms with Crippen LogP contribution in [-0.4, -0.2) is 67.6 Å². The molecule has 2 aromatic rings. The maximum atomic E-state index is 14.6. The van der Waals surface area contributed by atoms with E-state index in [1.165, 1.54) is 27.4 Å². The Labute approximate surface area is 212 Å². The fourth-order valence-corrected chi connectivity index (χ4v) is 6.64. The zero-order valence-electron chi connectivity index (χ0n) is 19.5. The van der Waals surface area contributed by atoms with Crippen LogP contribution < -0.4 is 10.2 Å². The first-order valence-corrected chi connectivity index (χ1v) is 13.4. The summed E-state index contributed by atoms with van der Waals surface area (Å²) in [7, 11) is -3.76. The van der Waals surface area contributed by atoms with Gasteiger partial charge in [-0.2, -0.15) is 4.31 Å². The molecule has 3 aliphatic heterocycles. The van der Waals surface area contributed by atoms with E-state index >= 15 is 0 Å². The molecule has 0 radical (unpaired) electrons. The van der Waals surface area contributed by atoms with Gasteiger partial charge in [0.1, 0.15) is 11.9 Å². The Morgan fingerprint density at radius 3 is 2.44 bits per heavy atom. The second kappa shape index (κ2) is 9.13. The number of sulfonamides is 1. The molecule has 0 aromatic heterocycles. The molecule has 190 valence electrons. The summed E-state index contributed by atoms with van der Waals surface area (Å²) in [6, 6.07) is 6.32. The highest BCUT2D eigenvalue weighted by atomic mass is 35.5. The van der Waals surface area contributed by atoms with E-state index in [2.05, 4.69) is 5.32 Å². The lowest BCUT2D eigenvalue weighted by atomic mass is 10.0. The number of halogens is 2. The predicted molar refractivity (Wildman–Crippen MR) is 130 cm³/mol. The van der Waals surface area contributed by atoms with Gasteiger partial charge < -0.3 is 9.80 Å². The molecule has 2 saturated heterocycles. The molecule has 0 bridgehead atoms. The molecule has 0 spiro atoms. The maximum absolute atomic E-state index is 14.6. The monoisotopic (exact) mass is 534 g/mol. The van der Waals surface area contributed by atoms with Gasteiger partial charge in [-0.25, -0.2) is 12.8 Å². The number of carbonyl (C=O) groups excluding carboxylic acids is 3. The molecule has 1 atom stereocenters. The Bertz CT molecular complexity index is 1390. The number of carbonyl (C=O) groups is 3. The van der Waals surface area contributed by atoms with Crippen LogP contribution in [-0.2, 0) is 26.2 Å². The molecular formula is C24H24ClFN4O5S. The highest BCUT2D eigenvalue weighted by Crippen LogP contribution is 2.36. The Hall–Kier alpha value is -3.02. The maximum Gasteiger partial charge on any atom is 0.255 e. The minimum Gasteiger partial charge on any atom is -0.369 e. The smallest absolute Gasteiger partial charge is 0.255 e. The third-order valence-electron chi connectivity index (χ3n) is 6.96. The van der Waals surface area contributed by atoms with E-state index in [1.807, 2.05) is 4.90 Å². The average Bonchev–Trinajstić information content (AvgIpc) is 3.16. The van der Waals surface area contributed by atoms with Gasteiger partial charge in [-0.15, -0.1) is 0 Å². The van der Waals surface area contributed by atoms with Gasteiger partial charge in [0.2, 0.25) is 21.8 Å². The van der Waals surface area contributed by atoms with Gasteiger partial charge in [-0.1, -0.05) is 17.7 Å². The Morgan fingerprint density at radius 2 is 1.78 bits per heavy atom. The van der Waals surface area contributed by atoms with Crippen LogP contribution in [0.5, 0.6) is 0 Å². The SMILES string of the molecule is Cc1ccc(S(=O)(=O)N2CCN(c3cc(F)cc4c3CN(C3CCC(=O)NC3=O)C4=O)CC2)cc1Cl. The molecule has 1 N–H and O–H groups in total. The molecule has 2 aromatic carbocycles. The summed E-state index contributed by atoms with van der Waals surface area (Å²) in [5, 5.41) is 2.63. The number of fused-ring (bicyclic) bond motifs is 1. The van der Waals surface area contributed by atoms with E-state index < -0.39 is 33.7 Å². The van der Waals surface area contributed by atoms with Gasteiger partial charge in [-0.05, 0) is 43.2 Å². The summed E-state index contributed by atoms with van der Waals surface area (Å²) in [5.41, 5.74) is 2.05. The van der Waals surface area contributed by atoms with Crippen molar-refractivity contribution in [3.63, 3.8) is 0 Å². The van der Waals surface area contributed by atoms with Crippen molar-refractivity contribution >= 4 is 45.0 Å². The zero-order chi connectivity index (χ0) is 25.8. The van der Waals surface area contributed by atoms with Crippen molar-refractivity contribution in [1.82, 2.24) is 14.5 Å². The standard InChI is InChI=1S/C24H24ClFN4O5S/c1-14-2-3-16(12-19(14)25)36(34,35)29-8-6-28(7-9-29)21-11-15(26)10-17-18(21)13-30(24(17)33)20-4-5-22(31)27-23(20)32/h2-3,10-12,20H,4-9,13H2,1H3,(H,27,31,32). The van der Waals surface area contributed by atoms with Crippen LogP contribution in [0.1, 0.15) is 34.3 Å². The second-order valence-corrected chi connectivity index (χ2v) is 11.5. The quantitative estimate of drug-likeness (QED) is 0.602. The van der Waals surface area contributed by atoms with Gasteiger partial charge in [0.15, 0.2) is 0 Å². The lowest BCUT2D eigenvalue weighted by molar-refractivity contribution is -0.136. The zero-order valence-corrected chi connectivity index (χ0v) is 21.0. The Balaban J connectivity index is 1.36. The van der Waals surface area contributed by atoms with Gasteiger partial charge >= 0.3 is 0 Å². The fourth-order valence-electron chi connectivity index (χ4n) is 4.94. The molecule has 9 nitrogen and oxygen atoms in total. The van der Waals surface area contributed by atoms with Gasteiger partial charge in [-0.3, -0.25) is 19.7 Å². The summed E-state index contributed by atoms with van der Waals surface area (Å²) >= 11 is 6.13. The third kappa shape index (κ3) is 4.25. The van der Waals surface area contributed by atoms with Gasteiger partial charge in [0, 0.05) is 61.0 Å². The Kier molecular flexibility index (Phi) is 6.26. The van der Waals surface area contributed by atoms with Crippen LogP contribution in [0, 0.1) is 12.7 Å². The second-order valence-electron chi connectivity index (χ2n) is 9.15. The summed E-state index contributed by atoms with van der Waals surface area (Å²) < 4.78 is 42.2. The molecule has 3 amide bonds. The lowest BCUT2D eigenvalue weighted by Gasteiger charge is -2.36. The number of nitrogens with one attached hydrogen (secondary N) is 1. The molecule has 0 aliphatic carbocycles. The summed E-state index contributed by atoms with van der Waals surface area (Å²) in [6.07, 6.45) is 0.335. The normalized spacial score (nSPS) is 21.1. The van der Waals surface area contributed by atoms with Crippen LogP contribution in [0.3, 0.4) is 0 Å². The first-order valence-electron chi connectivity index (χ1n) is 11.5. The first kappa shape index (κ1) is 24.7. The van der Waals surface area contributed by atoms with E-state index in [0.717, 1.165) is 11.6 Å². The number of imide groups is 1. The number of piperidine rings is 1. The molecule has 3 aliphatic rings. The molecule has 2 fully saturated rings. The number of amides is 3. The van der Waals surface area contributed by atoms with Crippen molar-refractivity contribution in [2.75, 3.05) is 31.1 Å². The number of hydrogen-bond donors (Lipinski definition) is 1. The van der Waals surface area contributed by atoms with E-state index in [-0.39, 0.29) is 48.8 Å². The van der Waals surface area contributed by atoms with E-state index in [1.54, 1.807) is 13.0 Å². The van der Waals surface area contributed by atoms with E-state index in [9.17, 15) is 27.2 Å². The number of nitrogens with zero attached hydrogens (tertiary/aromatic N) is 3. The van der Waals surface area contributed by atoms with Crippen LogP contribution in [0.4, 0.5) is 10.1 Å². The van der Waals surface area contributed by atoms with Crippen LogP contribution in [0.2, 0.25) is 5.02 Å². The molecule has 1 unspecified atom stereocenters. The van der Waals surface area contributed by atoms with E-state index in [0.29, 0.717) is 29.4 Å². The fraction of sp³-hybridized carbons (Fsp3) is 0.375. The molecule has 0 saturated carbocycles. The largest absolute Gasteiger partial charge is 0.369 e. The highest BCUT2D eigenvalue weighted by molar-refractivity contribution is 7.89. The van der Waals surface area contributed by atoms with Crippen LogP contribution >= 0.6 is 11.6 Å². The van der Waals surface area contributed by atoms with Crippen molar-refractivity contribution < 1.29 is 27.2 Å². The van der Waals surface area contributed by atoms with Crippen molar-refractivity contribution in [2.24, 2.45) is 0 Å². The van der Waals surface area contributed by atoms with Crippen molar-refractivity contribution in [1.29, 1.82) is 0 Å². The van der Waals surface area contributed by atoms with Crippen molar-refractivity contribution in [2.45, 2.75) is 37.2 Å². The summed E-state index contributed by atoms with van der Waals surface area (Å²) in [4.78, 5) is 40.3. The number of rotatable bonds is 4. The van der Waals surface area contributed by atoms with Gasteiger partial charge in [0.05, 0.1) is 4.90 Å². The van der Waals surface area contributed by atoms with Crippen molar-refractivity contribution in [3.05, 3.63) is 57.9 Å². The highest BCUT2D eigenvalue weighted by Gasteiger charge is 2.41. The number of benzene rings is 2.